The van der Waals surface area contributed by atoms with Crippen molar-refractivity contribution in [3.63, 3.8) is 0 Å². The van der Waals surface area contributed by atoms with E-state index in [0.717, 1.165) is 50.1 Å². The van der Waals surface area contributed by atoms with Gasteiger partial charge in [-0.3, -0.25) is 33.7 Å². The van der Waals surface area contributed by atoms with Gasteiger partial charge in [0.2, 0.25) is 17.7 Å². The summed E-state index contributed by atoms with van der Waals surface area (Å²) < 4.78 is 7.67. The van der Waals surface area contributed by atoms with E-state index in [1.807, 2.05) is 18.2 Å². The maximum Gasteiger partial charge on any atom is 0.405 e. The molecule has 5 rings (SSSR count). The summed E-state index contributed by atoms with van der Waals surface area (Å²) in [6, 6.07) is 5.27. The first-order valence-electron chi connectivity index (χ1n) is 15.8. The Morgan fingerprint density at radius 2 is 1.75 bits per heavy atom. The molecule has 44 heavy (non-hydrogen) atoms. The SMILES string of the molecule is CC(C)(C)OC(N)=O.Cn1c(=O)n(C2CCC(=O)NC2=O)c2ccc(CCCN3CCN(CC4CCCCC4)C(=O)C3)cc21. The number of nitrogens with two attached hydrogens (primary N) is 1. The molecule has 3 aliphatic rings. The van der Waals surface area contributed by atoms with E-state index in [4.69, 9.17) is 5.73 Å². The first-order valence-corrected chi connectivity index (χ1v) is 15.8. The number of primary amides is 1. The number of hydrogen-bond acceptors (Lipinski definition) is 7. The van der Waals surface area contributed by atoms with Gasteiger partial charge in [-0.15, -0.1) is 0 Å². The van der Waals surface area contributed by atoms with Crippen LogP contribution in [-0.2, 0) is 32.6 Å². The number of piperazine rings is 1. The Balaban J connectivity index is 0.000000488. The summed E-state index contributed by atoms with van der Waals surface area (Å²) in [7, 11) is 1.72. The smallest absolute Gasteiger partial charge is 0.405 e. The Kier molecular flexibility index (Phi) is 10.9. The van der Waals surface area contributed by atoms with Crippen LogP contribution >= 0.6 is 0 Å². The number of fused-ring (bicyclic) bond motifs is 1. The van der Waals surface area contributed by atoms with Gasteiger partial charge in [0.15, 0.2) is 0 Å². The van der Waals surface area contributed by atoms with Crippen molar-refractivity contribution in [3.05, 3.63) is 34.2 Å². The van der Waals surface area contributed by atoms with Crippen molar-refractivity contribution < 1.29 is 23.9 Å². The molecule has 1 aromatic heterocycles. The van der Waals surface area contributed by atoms with Crippen molar-refractivity contribution in [1.29, 1.82) is 0 Å². The van der Waals surface area contributed by atoms with Crippen LogP contribution in [0.5, 0.6) is 0 Å². The number of imide groups is 1. The van der Waals surface area contributed by atoms with E-state index in [1.54, 1.807) is 32.4 Å². The number of ether oxygens (including phenoxy) is 1. The van der Waals surface area contributed by atoms with Crippen LogP contribution in [0.4, 0.5) is 4.79 Å². The zero-order valence-corrected chi connectivity index (χ0v) is 26.6. The molecule has 1 saturated carbocycles. The van der Waals surface area contributed by atoms with Crippen molar-refractivity contribution in [2.75, 3.05) is 32.7 Å². The summed E-state index contributed by atoms with van der Waals surface area (Å²) in [5.74, 6) is 0.237. The van der Waals surface area contributed by atoms with Crippen LogP contribution in [0.1, 0.15) is 83.7 Å². The van der Waals surface area contributed by atoms with Crippen molar-refractivity contribution in [2.45, 2.75) is 90.2 Å². The van der Waals surface area contributed by atoms with Crippen molar-refractivity contribution >= 4 is 34.8 Å². The molecule has 3 fully saturated rings. The number of hydrogen-bond donors (Lipinski definition) is 2. The number of rotatable bonds is 7. The molecule has 2 saturated heterocycles. The highest BCUT2D eigenvalue weighted by Crippen LogP contribution is 2.26. The fraction of sp³-hybridized carbons (Fsp3) is 0.656. The molecular formula is C32H48N6O6. The topological polar surface area (TPSA) is 149 Å². The fourth-order valence-electron chi connectivity index (χ4n) is 6.43. The molecule has 3 N–H and O–H groups in total. The average Bonchev–Trinajstić information content (AvgIpc) is 3.19. The van der Waals surface area contributed by atoms with Gasteiger partial charge in [-0.1, -0.05) is 25.3 Å². The van der Waals surface area contributed by atoms with Gasteiger partial charge < -0.3 is 15.4 Å². The zero-order chi connectivity index (χ0) is 32.0. The van der Waals surface area contributed by atoms with Gasteiger partial charge >= 0.3 is 11.8 Å². The van der Waals surface area contributed by atoms with Crippen LogP contribution in [0.2, 0.25) is 0 Å². The van der Waals surface area contributed by atoms with Gasteiger partial charge in [0.1, 0.15) is 11.6 Å². The predicted molar refractivity (Wildman–Crippen MR) is 167 cm³/mol. The molecule has 2 aliphatic heterocycles. The minimum Gasteiger partial charge on any atom is -0.444 e. The number of carbonyl (C=O) groups excluding carboxylic acids is 4. The third-order valence-electron chi connectivity index (χ3n) is 8.62. The highest BCUT2D eigenvalue weighted by Gasteiger charge is 2.31. The first-order chi connectivity index (χ1) is 20.8. The largest absolute Gasteiger partial charge is 0.444 e. The van der Waals surface area contributed by atoms with Crippen LogP contribution in [0.25, 0.3) is 11.0 Å². The number of piperidine rings is 1. The maximum absolute atomic E-state index is 12.9. The second-order valence-electron chi connectivity index (χ2n) is 13.3. The Bertz CT molecular complexity index is 1420. The molecule has 12 nitrogen and oxygen atoms in total. The number of imidazole rings is 1. The molecule has 1 aliphatic carbocycles. The molecule has 242 valence electrons. The molecule has 1 atom stereocenters. The van der Waals surface area contributed by atoms with Gasteiger partial charge in [0, 0.05) is 33.1 Å². The summed E-state index contributed by atoms with van der Waals surface area (Å²) in [6.45, 7) is 9.36. The molecule has 4 amide bonds. The summed E-state index contributed by atoms with van der Waals surface area (Å²) >= 11 is 0. The number of aryl methyl sites for hydroxylation is 2. The first kappa shape index (κ1) is 33.2. The maximum atomic E-state index is 12.9. The lowest BCUT2D eigenvalue weighted by Crippen LogP contribution is -2.51. The average molecular weight is 613 g/mol. The van der Waals surface area contributed by atoms with Gasteiger partial charge in [0.05, 0.1) is 17.6 Å². The number of nitrogens with one attached hydrogen (secondary N) is 1. The lowest BCUT2D eigenvalue weighted by molar-refractivity contribution is -0.137. The summed E-state index contributed by atoms with van der Waals surface area (Å²) in [6.07, 6.45) is 8.10. The molecular weight excluding hydrogens is 564 g/mol. The quantitative estimate of drug-likeness (QED) is 0.457. The number of carbonyl (C=O) groups is 4. The van der Waals surface area contributed by atoms with Gasteiger partial charge in [-0.25, -0.2) is 9.59 Å². The summed E-state index contributed by atoms with van der Waals surface area (Å²) in [5.41, 5.74) is 6.64. The Morgan fingerprint density at radius 1 is 1.02 bits per heavy atom. The Morgan fingerprint density at radius 3 is 2.36 bits per heavy atom. The number of amides is 4. The lowest BCUT2D eigenvalue weighted by atomic mass is 9.89. The monoisotopic (exact) mass is 612 g/mol. The molecule has 0 spiro atoms. The Labute approximate surface area is 258 Å². The molecule has 1 aromatic carbocycles. The van der Waals surface area contributed by atoms with Crippen LogP contribution in [-0.4, -0.2) is 81.1 Å². The Hall–Kier alpha value is -3.67. The number of aromatic nitrogens is 2. The highest BCUT2D eigenvalue weighted by molar-refractivity contribution is 6.00. The molecule has 12 heteroatoms. The predicted octanol–water partition coefficient (Wildman–Crippen LogP) is 2.86. The fourth-order valence-corrected chi connectivity index (χ4v) is 6.43. The van der Waals surface area contributed by atoms with E-state index in [9.17, 15) is 24.0 Å². The molecule has 3 heterocycles. The van der Waals surface area contributed by atoms with E-state index in [-0.39, 0.29) is 23.9 Å². The second kappa shape index (κ2) is 14.4. The van der Waals surface area contributed by atoms with Crippen LogP contribution in [0.3, 0.4) is 0 Å². The van der Waals surface area contributed by atoms with Crippen LogP contribution in [0, 0.1) is 5.92 Å². The van der Waals surface area contributed by atoms with Crippen LogP contribution in [0.15, 0.2) is 23.0 Å². The van der Waals surface area contributed by atoms with Gasteiger partial charge in [-0.05, 0) is 83.0 Å². The van der Waals surface area contributed by atoms with Crippen molar-refractivity contribution in [2.24, 2.45) is 18.7 Å². The van der Waals surface area contributed by atoms with Crippen molar-refractivity contribution in [3.8, 4) is 0 Å². The number of benzene rings is 1. The zero-order valence-electron chi connectivity index (χ0n) is 26.6. The van der Waals surface area contributed by atoms with E-state index < -0.39 is 23.6 Å². The van der Waals surface area contributed by atoms with Crippen LogP contribution < -0.4 is 16.7 Å². The molecule has 1 unspecified atom stereocenters. The summed E-state index contributed by atoms with van der Waals surface area (Å²) in [4.78, 5) is 63.9. The second-order valence-corrected chi connectivity index (χ2v) is 13.3. The van der Waals surface area contributed by atoms with E-state index in [2.05, 4.69) is 19.9 Å². The number of nitrogens with zero attached hydrogens (tertiary/aromatic N) is 4. The summed E-state index contributed by atoms with van der Waals surface area (Å²) in [5, 5.41) is 2.35. The standard InChI is InChI=1S/C27H37N5O4.C5H11NO2/c1-29-23-16-19(9-10-21(23)32(27(29)36)22-11-12-24(33)28-26(22)35)8-5-13-30-14-15-31(25(34)18-30)17-20-6-3-2-4-7-20;1-5(2,3)8-4(6)7/h9-10,16,20,22H,2-8,11-15,17-18H2,1H3,(H,28,33,35);1-3H3,(H2,6,7). The normalized spacial score (nSPS) is 20.3. The molecule has 0 bridgehead atoms. The minimum absolute atomic E-state index is 0.231. The lowest BCUT2D eigenvalue weighted by Gasteiger charge is -2.37. The van der Waals surface area contributed by atoms with E-state index >= 15 is 0 Å². The third kappa shape index (κ3) is 8.71. The molecule has 0 radical (unpaired) electrons. The van der Waals surface area contributed by atoms with Crippen molar-refractivity contribution in [1.82, 2.24) is 24.3 Å². The molecule has 2 aromatic rings. The van der Waals surface area contributed by atoms with Gasteiger partial charge in [-0.2, -0.15) is 0 Å². The minimum atomic E-state index is -0.725. The van der Waals surface area contributed by atoms with E-state index in [1.165, 1.54) is 36.7 Å². The van der Waals surface area contributed by atoms with E-state index in [0.29, 0.717) is 24.4 Å². The van der Waals surface area contributed by atoms with Gasteiger partial charge in [0.25, 0.3) is 0 Å². The highest BCUT2D eigenvalue weighted by atomic mass is 16.6. The third-order valence-corrected chi connectivity index (χ3v) is 8.62.